The summed E-state index contributed by atoms with van der Waals surface area (Å²) in [6.45, 7) is 3.88. The Morgan fingerprint density at radius 1 is 0.946 bits per heavy atom. The molecule has 0 aromatic heterocycles. The molecule has 9 heteroatoms. The van der Waals surface area contributed by atoms with E-state index in [4.69, 9.17) is 9.47 Å². The van der Waals surface area contributed by atoms with E-state index in [2.05, 4.69) is 12.2 Å². The first kappa shape index (κ1) is 30.2. The van der Waals surface area contributed by atoms with E-state index in [1.54, 1.807) is 31.2 Å². The van der Waals surface area contributed by atoms with Crippen LogP contribution < -0.4 is 10.1 Å². The maximum atomic E-state index is 13.0. The lowest BCUT2D eigenvalue weighted by Gasteiger charge is -2.20. The van der Waals surface area contributed by atoms with Crippen molar-refractivity contribution in [3.63, 3.8) is 0 Å². The first-order valence-electron chi connectivity index (χ1n) is 12.7. The summed E-state index contributed by atoms with van der Waals surface area (Å²) in [5.74, 6) is -0.982. The van der Waals surface area contributed by atoms with Crippen molar-refractivity contribution in [1.82, 2.24) is 5.32 Å². The lowest BCUT2D eigenvalue weighted by molar-refractivity contribution is -0.150. The van der Waals surface area contributed by atoms with Gasteiger partial charge in [-0.1, -0.05) is 63.3 Å². The molecule has 0 aliphatic rings. The average Bonchev–Trinajstić information content (AvgIpc) is 2.86. The second-order valence-electron chi connectivity index (χ2n) is 8.86. The molecule has 1 unspecified atom stereocenters. The zero-order valence-corrected chi connectivity index (χ0v) is 21.4. The molecule has 0 saturated carbocycles. The minimum atomic E-state index is -4.42. The van der Waals surface area contributed by atoms with Gasteiger partial charge >= 0.3 is 12.1 Å². The second-order valence-corrected chi connectivity index (χ2v) is 8.86. The monoisotopic (exact) mass is 523 g/mol. The van der Waals surface area contributed by atoms with Crippen molar-refractivity contribution >= 4 is 11.9 Å². The molecule has 1 amide bonds. The Morgan fingerprint density at radius 3 is 2.16 bits per heavy atom. The number of nitrogens with one attached hydrogen (secondary N) is 1. The third kappa shape index (κ3) is 10.8. The Labute approximate surface area is 216 Å². The predicted molar refractivity (Wildman–Crippen MR) is 134 cm³/mol. The van der Waals surface area contributed by atoms with Gasteiger partial charge < -0.3 is 19.9 Å². The Morgan fingerprint density at radius 2 is 1.59 bits per heavy atom. The van der Waals surface area contributed by atoms with Crippen LogP contribution in [0, 0.1) is 0 Å². The van der Waals surface area contributed by atoms with Crippen LogP contribution in [0.3, 0.4) is 0 Å². The van der Waals surface area contributed by atoms with Gasteiger partial charge in [0.15, 0.2) is 12.7 Å². The van der Waals surface area contributed by atoms with E-state index in [0.717, 1.165) is 49.8 Å². The molecular weight excluding hydrogens is 487 g/mol. The average molecular weight is 524 g/mol. The Bertz CT molecular complexity index is 961. The number of amides is 1. The minimum Gasteiger partial charge on any atom is -0.484 e. The number of hydrogen-bond donors (Lipinski definition) is 2. The van der Waals surface area contributed by atoms with Gasteiger partial charge in [0.2, 0.25) is 0 Å². The van der Waals surface area contributed by atoms with Crippen LogP contribution >= 0.6 is 0 Å². The van der Waals surface area contributed by atoms with Crippen LogP contribution in [0.4, 0.5) is 13.2 Å². The van der Waals surface area contributed by atoms with Crippen molar-refractivity contribution in [3.8, 4) is 5.75 Å². The highest BCUT2D eigenvalue weighted by atomic mass is 19.4. The maximum Gasteiger partial charge on any atom is 0.416 e. The molecule has 6 nitrogen and oxygen atoms in total. The molecule has 0 spiro atoms. The van der Waals surface area contributed by atoms with Gasteiger partial charge in [0.05, 0.1) is 11.6 Å². The van der Waals surface area contributed by atoms with E-state index in [0.29, 0.717) is 24.3 Å². The molecule has 204 valence electrons. The van der Waals surface area contributed by atoms with Crippen LogP contribution in [0.1, 0.15) is 75.1 Å². The van der Waals surface area contributed by atoms with Crippen LogP contribution in [0.15, 0.2) is 48.5 Å². The molecule has 0 fully saturated rings. The van der Waals surface area contributed by atoms with Gasteiger partial charge in [-0.15, -0.1) is 0 Å². The number of unbranched alkanes of at least 4 members (excludes halogenated alkanes) is 4. The molecule has 2 atom stereocenters. The first-order valence-corrected chi connectivity index (χ1v) is 12.7. The van der Waals surface area contributed by atoms with Crippen molar-refractivity contribution < 1.29 is 37.3 Å². The SMILES string of the molecule is CCCCCCCC(NC(=O)COc1ccc(C[C@H](OCC)C(=O)O)cc1)c1ccc(C(F)(F)F)cc1. The highest BCUT2D eigenvalue weighted by Gasteiger charge is 2.30. The molecule has 2 aromatic rings. The largest absolute Gasteiger partial charge is 0.484 e. The van der Waals surface area contributed by atoms with Gasteiger partial charge in [0.25, 0.3) is 5.91 Å². The predicted octanol–water partition coefficient (Wildman–Crippen LogP) is 6.33. The summed E-state index contributed by atoms with van der Waals surface area (Å²) >= 11 is 0. The summed E-state index contributed by atoms with van der Waals surface area (Å²) in [5, 5.41) is 12.1. The zero-order valence-electron chi connectivity index (χ0n) is 21.4. The number of rotatable bonds is 16. The number of aliphatic carboxylic acids is 1. The summed E-state index contributed by atoms with van der Waals surface area (Å²) in [6, 6.07) is 11.2. The van der Waals surface area contributed by atoms with Gasteiger partial charge in [0, 0.05) is 13.0 Å². The third-order valence-electron chi connectivity index (χ3n) is 5.93. The summed E-state index contributed by atoms with van der Waals surface area (Å²) in [6.07, 6.45) is 0.572. The topological polar surface area (TPSA) is 84.9 Å². The van der Waals surface area contributed by atoms with Gasteiger partial charge in [-0.2, -0.15) is 13.2 Å². The standard InChI is InChI=1S/C28H36F3NO5/c1-3-5-6-7-8-9-24(21-12-14-22(15-13-21)28(29,30)31)32-26(33)19-37-23-16-10-20(11-17-23)18-25(27(34)35)36-4-2/h10-17,24-25H,3-9,18-19H2,1-2H3,(H,32,33)(H,34,35)/t24?,25-/m0/s1. The van der Waals surface area contributed by atoms with Crippen molar-refractivity contribution in [3.05, 3.63) is 65.2 Å². The van der Waals surface area contributed by atoms with Crippen LogP contribution in [0.2, 0.25) is 0 Å². The number of alkyl halides is 3. The summed E-state index contributed by atoms with van der Waals surface area (Å²) in [5.41, 5.74) is 0.638. The van der Waals surface area contributed by atoms with E-state index in [9.17, 15) is 27.9 Å². The van der Waals surface area contributed by atoms with Crippen LogP contribution in [0.5, 0.6) is 5.75 Å². The highest BCUT2D eigenvalue weighted by molar-refractivity contribution is 5.78. The molecule has 0 radical (unpaired) electrons. The Hall–Kier alpha value is -3.07. The number of halogens is 3. The summed E-state index contributed by atoms with van der Waals surface area (Å²) < 4.78 is 49.6. The van der Waals surface area contributed by atoms with E-state index in [1.807, 2.05) is 0 Å². The van der Waals surface area contributed by atoms with Gasteiger partial charge in [0.1, 0.15) is 5.75 Å². The van der Waals surface area contributed by atoms with Crippen LogP contribution in [0.25, 0.3) is 0 Å². The van der Waals surface area contributed by atoms with Gasteiger partial charge in [-0.25, -0.2) is 4.79 Å². The molecule has 0 aliphatic carbocycles. The van der Waals surface area contributed by atoms with E-state index in [-0.39, 0.29) is 18.9 Å². The van der Waals surface area contributed by atoms with Crippen molar-refractivity contribution in [2.45, 2.75) is 77.1 Å². The normalized spacial score (nSPS) is 13.1. The molecular formula is C28H36F3NO5. The Balaban J connectivity index is 1.96. The number of hydrogen-bond acceptors (Lipinski definition) is 4. The summed E-state index contributed by atoms with van der Waals surface area (Å²) in [7, 11) is 0. The molecule has 2 rings (SSSR count). The number of benzene rings is 2. The molecule has 0 aliphatic heterocycles. The lowest BCUT2D eigenvalue weighted by Crippen LogP contribution is -2.32. The van der Waals surface area contributed by atoms with Crippen LogP contribution in [-0.4, -0.2) is 36.3 Å². The van der Waals surface area contributed by atoms with E-state index < -0.39 is 29.9 Å². The molecule has 0 saturated heterocycles. The van der Waals surface area contributed by atoms with E-state index in [1.165, 1.54) is 12.1 Å². The zero-order chi connectivity index (χ0) is 27.3. The molecule has 0 bridgehead atoms. The maximum absolute atomic E-state index is 13.0. The second kappa shape index (κ2) is 15.2. The highest BCUT2D eigenvalue weighted by Crippen LogP contribution is 2.30. The number of carboxylic acids is 1. The summed E-state index contributed by atoms with van der Waals surface area (Å²) in [4.78, 5) is 23.9. The fourth-order valence-corrected chi connectivity index (χ4v) is 3.92. The number of carbonyl (C=O) groups is 2. The molecule has 2 N–H and O–H groups in total. The van der Waals surface area contributed by atoms with Crippen molar-refractivity contribution in [2.24, 2.45) is 0 Å². The van der Waals surface area contributed by atoms with Gasteiger partial charge in [-0.3, -0.25) is 4.79 Å². The first-order chi connectivity index (χ1) is 17.6. The number of carboxylic acid groups (broad SMARTS) is 1. The molecule has 0 heterocycles. The smallest absolute Gasteiger partial charge is 0.416 e. The van der Waals surface area contributed by atoms with Crippen molar-refractivity contribution in [2.75, 3.05) is 13.2 Å². The lowest BCUT2D eigenvalue weighted by atomic mass is 9.98. The van der Waals surface area contributed by atoms with E-state index >= 15 is 0 Å². The quantitative estimate of drug-likeness (QED) is 0.251. The number of carbonyl (C=O) groups excluding carboxylic acids is 1. The molecule has 37 heavy (non-hydrogen) atoms. The third-order valence-corrected chi connectivity index (χ3v) is 5.93. The van der Waals surface area contributed by atoms with Crippen molar-refractivity contribution in [1.29, 1.82) is 0 Å². The fourth-order valence-electron chi connectivity index (χ4n) is 3.92. The minimum absolute atomic E-state index is 0.205. The Kier molecular flexibility index (Phi) is 12.4. The number of ether oxygens (including phenoxy) is 2. The molecule has 2 aromatic carbocycles. The van der Waals surface area contributed by atoms with Crippen LogP contribution in [-0.2, 0) is 26.9 Å². The fraction of sp³-hybridized carbons (Fsp3) is 0.500. The van der Waals surface area contributed by atoms with Gasteiger partial charge in [-0.05, 0) is 48.7 Å².